The number of aromatic nitrogens is 1. The van der Waals surface area contributed by atoms with Crippen LogP contribution in [0.4, 0.5) is 0 Å². The largest absolute Gasteiger partial charge is 0.508 e. The van der Waals surface area contributed by atoms with Gasteiger partial charge in [0.15, 0.2) is 0 Å². The van der Waals surface area contributed by atoms with Crippen LogP contribution >= 0.6 is 11.3 Å². The highest BCUT2D eigenvalue weighted by Crippen LogP contribution is 2.38. The Bertz CT molecular complexity index is 1070. The normalized spacial score (nSPS) is 16.0. The average molecular weight is 374 g/mol. The van der Waals surface area contributed by atoms with Crippen molar-refractivity contribution in [2.24, 2.45) is 5.10 Å². The first-order valence-electron chi connectivity index (χ1n) is 8.26. The van der Waals surface area contributed by atoms with Gasteiger partial charge in [0.2, 0.25) is 0 Å². The predicted octanol–water partition coefficient (Wildman–Crippen LogP) is 3.71. The second-order valence-corrected chi connectivity index (χ2v) is 7.08. The summed E-state index contributed by atoms with van der Waals surface area (Å²) in [6.45, 7) is 0. The number of benzene rings is 1. The maximum absolute atomic E-state index is 13.1. The van der Waals surface area contributed by atoms with Crippen LogP contribution in [-0.4, -0.2) is 26.7 Å². The lowest BCUT2D eigenvalue weighted by atomic mass is 9.98. The fourth-order valence-electron chi connectivity index (χ4n) is 3.04. The van der Waals surface area contributed by atoms with Crippen molar-refractivity contribution in [1.82, 2.24) is 9.99 Å². The fraction of sp³-hybridized carbons (Fsp3) is 0.100. The maximum atomic E-state index is 13.1. The molecule has 0 bridgehead atoms. The van der Waals surface area contributed by atoms with Crippen LogP contribution in [0.2, 0.25) is 0 Å². The zero-order valence-electron chi connectivity index (χ0n) is 14.1. The average Bonchev–Trinajstić information content (AvgIpc) is 3.36. The van der Waals surface area contributed by atoms with Gasteiger partial charge >= 0.3 is 0 Å². The molecule has 1 aliphatic rings. The number of thiophene rings is 1. The molecule has 4 rings (SSSR count). The van der Waals surface area contributed by atoms with Crippen molar-refractivity contribution in [1.29, 1.82) is 5.26 Å². The molecule has 27 heavy (non-hydrogen) atoms. The molecule has 1 aromatic carbocycles. The highest BCUT2D eigenvalue weighted by atomic mass is 32.1. The minimum Gasteiger partial charge on any atom is -0.508 e. The lowest BCUT2D eigenvalue weighted by Gasteiger charge is -2.22. The van der Waals surface area contributed by atoms with Crippen molar-refractivity contribution in [3.8, 4) is 11.8 Å². The van der Waals surface area contributed by atoms with Crippen LogP contribution < -0.4 is 0 Å². The number of phenolic OH excluding ortho intramolecular Hbond substituents is 1. The summed E-state index contributed by atoms with van der Waals surface area (Å²) in [5, 5.41) is 25.3. The summed E-state index contributed by atoms with van der Waals surface area (Å²) in [5.74, 6) is -0.180. The van der Waals surface area contributed by atoms with E-state index >= 15 is 0 Å². The molecule has 0 saturated carbocycles. The molecule has 1 amide bonds. The monoisotopic (exact) mass is 374 g/mol. The number of rotatable bonds is 3. The summed E-state index contributed by atoms with van der Waals surface area (Å²) in [5.41, 5.74) is 2.18. The number of carbonyl (C=O) groups is 1. The van der Waals surface area contributed by atoms with Gasteiger partial charge < -0.3 is 5.11 Å². The molecule has 6 nitrogen and oxygen atoms in total. The molecule has 1 atom stereocenters. The Hall–Kier alpha value is -3.50. The second kappa shape index (κ2) is 7.02. The van der Waals surface area contributed by atoms with E-state index in [9.17, 15) is 9.90 Å². The Labute approximate surface area is 159 Å². The SMILES string of the molecule is N#Cc1ccc(C(=O)N2N=C(c3cccnc3)CC2c2ccccc2O)s1. The van der Waals surface area contributed by atoms with Crippen LogP contribution in [0.25, 0.3) is 0 Å². The zero-order valence-corrected chi connectivity index (χ0v) is 14.9. The molecule has 2 aromatic heterocycles. The van der Waals surface area contributed by atoms with Gasteiger partial charge in [0.05, 0.1) is 16.6 Å². The summed E-state index contributed by atoms with van der Waals surface area (Å²) in [7, 11) is 0. The third-order valence-electron chi connectivity index (χ3n) is 4.34. The zero-order chi connectivity index (χ0) is 18.8. The lowest BCUT2D eigenvalue weighted by molar-refractivity contribution is 0.0714. The van der Waals surface area contributed by atoms with E-state index in [0.717, 1.165) is 22.6 Å². The summed E-state index contributed by atoms with van der Waals surface area (Å²) >= 11 is 1.13. The van der Waals surface area contributed by atoms with Crippen molar-refractivity contribution in [2.45, 2.75) is 12.5 Å². The third-order valence-corrected chi connectivity index (χ3v) is 5.31. The molecule has 0 saturated heterocycles. The summed E-state index contributed by atoms with van der Waals surface area (Å²) in [6.07, 6.45) is 3.84. The van der Waals surface area contributed by atoms with Crippen LogP contribution in [0.15, 0.2) is 66.0 Å². The molecule has 1 aliphatic heterocycles. The number of nitriles is 1. The van der Waals surface area contributed by atoms with Crippen molar-refractivity contribution in [2.75, 3.05) is 0 Å². The van der Waals surface area contributed by atoms with Gasteiger partial charge in [-0.25, -0.2) is 5.01 Å². The number of pyridine rings is 1. The smallest absolute Gasteiger partial charge is 0.284 e. The first kappa shape index (κ1) is 16.9. The molecule has 3 heterocycles. The Balaban J connectivity index is 1.75. The van der Waals surface area contributed by atoms with Gasteiger partial charge in [0.25, 0.3) is 5.91 Å². The van der Waals surface area contributed by atoms with Crippen LogP contribution in [-0.2, 0) is 0 Å². The molecular formula is C20H14N4O2S. The topological polar surface area (TPSA) is 89.6 Å². The number of hydrogen-bond acceptors (Lipinski definition) is 6. The van der Waals surface area contributed by atoms with Gasteiger partial charge in [-0.3, -0.25) is 9.78 Å². The Morgan fingerprint density at radius 2 is 2.07 bits per heavy atom. The molecule has 1 unspecified atom stereocenters. The van der Waals surface area contributed by atoms with E-state index in [0.29, 0.717) is 21.7 Å². The molecule has 7 heteroatoms. The van der Waals surface area contributed by atoms with E-state index in [4.69, 9.17) is 5.26 Å². The molecule has 132 valence electrons. The van der Waals surface area contributed by atoms with Crippen molar-refractivity contribution in [3.63, 3.8) is 0 Å². The highest BCUT2D eigenvalue weighted by Gasteiger charge is 2.35. The van der Waals surface area contributed by atoms with Gasteiger partial charge in [-0.15, -0.1) is 11.3 Å². The van der Waals surface area contributed by atoms with Crippen LogP contribution in [0.5, 0.6) is 5.75 Å². The van der Waals surface area contributed by atoms with E-state index in [1.54, 1.807) is 42.7 Å². The summed E-state index contributed by atoms with van der Waals surface area (Å²) in [4.78, 5) is 18.1. The highest BCUT2D eigenvalue weighted by molar-refractivity contribution is 7.14. The van der Waals surface area contributed by atoms with E-state index in [-0.39, 0.29) is 11.7 Å². The molecule has 0 spiro atoms. The van der Waals surface area contributed by atoms with Gasteiger partial charge in [0, 0.05) is 29.9 Å². The quantitative estimate of drug-likeness (QED) is 0.757. The van der Waals surface area contributed by atoms with Gasteiger partial charge in [0.1, 0.15) is 16.7 Å². The number of aromatic hydroxyl groups is 1. The van der Waals surface area contributed by atoms with Gasteiger partial charge in [-0.1, -0.05) is 24.3 Å². The van der Waals surface area contributed by atoms with Gasteiger partial charge in [-0.05, 0) is 24.3 Å². The van der Waals surface area contributed by atoms with Crippen molar-refractivity contribution >= 4 is 23.0 Å². The summed E-state index contributed by atoms with van der Waals surface area (Å²) in [6, 6.07) is 15.5. The van der Waals surface area contributed by atoms with Crippen LogP contribution in [0, 0.1) is 11.3 Å². The predicted molar refractivity (Wildman–Crippen MR) is 101 cm³/mol. The maximum Gasteiger partial charge on any atom is 0.284 e. The van der Waals surface area contributed by atoms with Gasteiger partial charge in [-0.2, -0.15) is 10.4 Å². The first-order valence-corrected chi connectivity index (χ1v) is 9.08. The number of para-hydroxylation sites is 1. The van der Waals surface area contributed by atoms with Crippen molar-refractivity contribution < 1.29 is 9.90 Å². The van der Waals surface area contributed by atoms with E-state index in [1.165, 1.54) is 5.01 Å². The number of phenols is 1. The minimum atomic E-state index is -0.429. The van der Waals surface area contributed by atoms with Crippen LogP contribution in [0.1, 0.15) is 38.1 Å². The summed E-state index contributed by atoms with van der Waals surface area (Å²) < 4.78 is 0. The van der Waals surface area contributed by atoms with E-state index < -0.39 is 6.04 Å². The number of hydrogen-bond donors (Lipinski definition) is 1. The Kier molecular flexibility index (Phi) is 4.40. The van der Waals surface area contributed by atoms with Crippen LogP contribution in [0.3, 0.4) is 0 Å². The molecular weight excluding hydrogens is 360 g/mol. The molecule has 0 fully saturated rings. The standard InChI is InChI=1S/C20H14N4O2S/c21-11-14-7-8-19(27-14)20(26)24-17(15-5-1-2-6-18(15)25)10-16(23-24)13-4-3-9-22-12-13/h1-9,12,17,25H,10H2. The number of amides is 1. The number of hydrazone groups is 1. The molecule has 0 radical (unpaired) electrons. The minimum absolute atomic E-state index is 0.117. The molecule has 1 N–H and O–H groups in total. The van der Waals surface area contributed by atoms with Crippen molar-refractivity contribution in [3.05, 3.63) is 81.8 Å². The van der Waals surface area contributed by atoms with E-state index in [2.05, 4.69) is 10.1 Å². The second-order valence-electron chi connectivity index (χ2n) is 5.99. The molecule has 0 aliphatic carbocycles. The lowest BCUT2D eigenvalue weighted by Crippen LogP contribution is -2.26. The fourth-order valence-corrected chi connectivity index (χ4v) is 3.78. The van der Waals surface area contributed by atoms with E-state index in [1.807, 2.05) is 24.3 Å². The number of carbonyl (C=O) groups excluding carboxylic acids is 1. The first-order chi connectivity index (χ1) is 13.2. The molecule has 3 aromatic rings. The number of nitrogens with zero attached hydrogens (tertiary/aromatic N) is 4. The third kappa shape index (κ3) is 3.18. The Morgan fingerprint density at radius 3 is 2.78 bits per heavy atom. The Morgan fingerprint density at radius 1 is 1.22 bits per heavy atom.